The first-order chi connectivity index (χ1) is 13.3. The van der Waals surface area contributed by atoms with Gasteiger partial charge in [-0.25, -0.2) is 0 Å². The third-order valence-corrected chi connectivity index (χ3v) is 7.46. The summed E-state index contributed by atoms with van der Waals surface area (Å²) >= 11 is 0. The van der Waals surface area contributed by atoms with E-state index in [0.717, 1.165) is 22.4 Å². The number of benzene rings is 1. The van der Waals surface area contributed by atoms with Gasteiger partial charge in [-0.05, 0) is 70.1 Å². The van der Waals surface area contributed by atoms with Crippen molar-refractivity contribution < 1.29 is 27.3 Å². The highest BCUT2D eigenvalue weighted by molar-refractivity contribution is 6.49. The van der Waals surface area contributed by atoms with Gasteiger partial charge >= 0.3 is 13.3 Å². The zero-order valence-corrected chi connectivity index (χ0v) is 17.1. The van der Waals surface area contributed by atoms with Crippen LogP contribution in [-0.4, -0.2) is 36.9 Å². The number of fused-ring (bicyclic) bond motifs is 2. The van der Waals surface area contributed by atoms with Crippen LogP contribution >= 0.6 is 0 Å². The quantitative estimate of drug-likeness (QED) is 0.689. The number of halogens is 3. The average molecular weight is 407 g/mol. The first-order valence-corrected chi connectivity index (χ1v) is 10.2. The van der Waals surface area contributed by atoms with Gasteiger partial charge in [-0.2, -0.15) is 13.2 Å². The molecule has 156 valence electrons. The summed E-state index contributed by atoms with van der Waals surface area (Å²) in [6, 6.07) is 5.63. The molecule has 2 saturated carbocycles. The van der Waals surface area contributed by atoms with E-state index < -0.39 is 35.2 Å². The first-order valence-electron chi connectivity index (χ1n) is 10.2. The molecule has 1 saturated heterocycles. The van der Waals surface area contributed by atoms with Crippen molar-refractivity contribution in [1.29, 1.82) is 0 Å². The van der Waals surface area contributed by atoms with Crippen LogP contribution in [0.15, 0.2) is 18.2 Å². The highest BCUT2D eigenvalue weighted by Gasteiger charge is 2.62. The van der Waals surface area contributed by atoms with E-state index in [0.29, 0.717) is 18.5 Å². The fourth-order valence-electron chi connectivity index (χ4n) is 4.80. The predicted molar refractivity (Wildman–Crippen MR) is 103 cm³/mol. The maximum atomic E-state index is 13.1. The number of hydrogen-bond acceptors (Lipinski definition) is 3. The molecule has 29 heavy (non-hydrogen) atoms. The molecule has 1 spiro atoms. The molecule has 2 atom stereocenters. The van der Waals surface area contributed by atoms with E-state index in [2.05, 4.69) is 0 Å². The molecule has 5 rings (SSSR count). The summed E-state index contributed by atoms with van der Waals surface area (Å²) in [4.78, 5) is 13.7. The van der Waals surface area contributed by atoms with E-state index >= 15 is 0 Å². The van der Waals surface area contributed by atoms with Crippen LogP contribution < -0.4 is 4.90 Å². The third-order valence-electron chi connectivity index (χ3n) is 7.46. The smallest absolute Gasteiger partial charge is 0.403 e. The monoisotopic (exact) mass is 407 g/mol. The molecule has 0 unspecified atom stereocenters. The van der Waals surface area contributed by atoms with Crippen LogP contribution in [0.2, 0.25) is 5.82 Å². The lowest BCUT2D eigenvalue weighted by molar-refractivity contribution is -0.132. The topological polar surface area (TPSA) is 38.8 Å². The summed E-state index contributed by atoms with van der Waals surface area (Å²) in [5, 5.41) is 0. The average Bonchev–Trinajstić information content (AvgIpc) is 3.48. The molecule has 0 bridgehead atoms. The lowest BCUT2D eigenvalue weighted by Crippen LogP contribution is -2.41. The summed E-state index contributed by atoms with van der Waals surface area (Å²) in [5.74, 6) is -0.0500. The fourth-order valence-corrected chi connectivity index (χ4v) is 4.80. The normalized spacial score (nSPS) is 30.8. The van der Waals surface area contributed by atoms with Crippen molar-refractivity contribution in [3.05, 3.63) is 29.3 Å². The van der Waals surface area contributed by atoms with E-state index in [9.17, 15) is 18.0 Å². The molecule has 3 fully saturated rings. The summed E-state index contributed by atoms with van der Waals surface area (Å²) < 4.78 is 51.6. The zero-order valence-electron chi connectivity index (χ0n) is 17.1. The number of carbonyl (C=O) groups excluding carboxylic acids is 1. The van der Waals surface area contributed by atoms with Gasteiger partial charge < -0.3 is 14.2 Å². The lowest BCUT2D eigenvalue weighted by atomic mass is 9.79. The summed E-state index contributed by atoms with van der Waals surface area (Å²) in [7, 11) is -0.319. The molecular weight excluding hydrogens is 382 g/mol. The van der Waals surface area contributed by atoms with Crippen molar-refractivity contribution in [2.24, 2.45) is 0 Å². The Morgan fingerprint density at radius 3 is 2.31 bits per heavy atom. The van der Waals surface area contributed by atoms with Crippen LogP contribution in [-0.2, 0) is 19.5 Å². The summed E-state index contributed by atoms with van der Waals surface area (Å²) in [6.07, 6.45) is -2.29. The Bertz CT molecular complexity index is 878. The number of carbonyl (C=O) groups is 1. The highest BCUT2D eigenvalue weighted by Crippen LogP contribution is 2.61. The maximum absolute atomic E-state index is 13.1. The number of anilines is 1. The predicted octanol–water partition coefficient (Wildman–Crippen LogP) is 4.58. The first kappa shape index (κ1) is 19.4. The maximum Gasteiger partial charge on any atom is 0.461 e. The van der Waals surface area contributed by atoms with Gasteiger partial charge in [0.25, 0.3) is 0 Å². The summed E-state index contributed by atoms with van der Waals surface area (Å²) in [5.41, 5.74) is 0.619. The lowest BCUT2D eigenvalue weighted by Gasteiger charge is -2.32. The van der Waals surface area contributed by atoms with Crippen molar-refractivity contribution >= 4 is 18.7 Å². The zero-order chi connectivity index (χ0) is 21.0. The van der Waals surface area contributed by atoms with Gasteiger partial charge in [0.15, 0.2) is 0 Å². The summed E-state index contributed by atoms with van der Waals surface area (Å²) in [6.45, 7) is 6.81. The van der Waals surface area contributed by atoms with E-state index in [1.54, 1.807) is 6.07 Å². The number of rotatable bonds is 3. The Morgan fingerprint density at radius 2 is 1.76 bits per heavy atom. The van der Waals surface area contributed by atoms with Gasteiger partial charge in [-0.3, -0.25) is 4.79 Å². The van der Waals surface area contributed by atoms with Crippen LogP contribution in [0.25, 0.3) is 0 Å². The molecule has 0 radical (unpaired) electrons. The Labute approximate surface area is 168 Å². The van der Waals surface area contributed by atoms with Gasteiger partial charge in [-0.1, -0.05) is 12.1 Å². The van der Waals surface area contributed by atoms with E-state index in [1.165, 1.54) is 0 Å². The second-order valence-corrected chi connectivity index (χ2v) is 10.00. The van der Waals surface area contributed by atoms with Crippen molar-refractivity contribution in [2.75, 3.05) is 11.4 Å². The van der Waals surface area contributed by atoms with E-state index in [-0.39, 0.29) is 18.9 Å². The largest absolute Gasteiger partial charge is 0.461 e. The molecule has 1 aromatic rings. The molecule has 4 nitrogen and oxygen atoms in total. The molecule has 8 heteroatoms. The molecule has 2 aliphatic heterocycles. The van der Waals surface area contributed by atoms with E-state index in [4.69, 9.17) is 9.31 Å². The van der Waals surface area contributed by atoms with Crippen LogP contribution in [0, 0.1) is 0 Å². The molecule has 1 amide bonds. The van der Waals surface area contributed by atoms with Crippen LogP contribution in [0.3, 0.4) is 0 Å². The molecule has 0 aromatic heterocycles. The van der Waals surface area contributed by atoms with Gasteiger partial charge in [0, 0.05) is 11.5 Å². The Kier molecular flexibility index (Phi) is 3.74. The molecule has 1 aromatic carbocycles. The van der Waals surface area contributed by atoms with Gasteiger partial charge in [0.1, 0.15) is 6.54 Å². The van der Waals surface area contributed by atoms with Crippen LogP contribution in [0.1, 0.15) is 64.0 Å². The molecule has 0 N–H and O–H groups in total. The number of alkyl halides is 3. The molecule has 4 aliphatic rings. The third kappa shape index (κ3) is 2.86. The second-order valence-electron chi connectivity index (χ2n) is 10.00. The number of amides is 1. The van der Waals surface area contributed by atoms with Gasteiger partial charge in [0.2, 0.25) is 5.91 Å². The fraction of sp³-hybridized carbons (Fsp3) is 0.667. The van der Waals surface area contributed by atoms with E-state index in [1.807, 2.05) is 39.8 Å². The Hall–Kier alpha value is -1.54. The van der Waals surface area contributed by atoms with Crippen molar-refractivity contribution in [3.63, 3.8) is 0 Å². The number of hydrogen-bond donors (Lipinski definition) is 0. The second kappa shape index (κ2) is 5.58. The minimum Gasteiger partial charge on any atom is -0.403 e. The molecule has 2 aliphatic carbocycles. The van der Waals surface area contributed by atoms with Crippen LogP contribution in [0.4, 0.5) is 18.9 Å². The molecule has 2 heterocycles. The van der Waals surface area contributed by atoms with Crippen LogP contribution in [0.5, 0.6) is 0 Å². The van der Waals surface area contributed by atoms with Crippen molar-refractivity contribution in [3.8, 4) is 0 Å². The Balaban J connectivity index is 1.40. The minimum atomic E-state index is -4.42. The van der Waals surface area contributed by atoms with Crippen molar-refractivity contribution in [1.82, 2.24) is 0 Å². The molecular formula is C21H25BF3NO3. The highest BCUT2D eigenvalue weighted by atomic mass is 19.4. The minimum absolute atomic E-state index is 0.175. The number of nitrogens with zero attached hydrogens (tertiary/aromatic N) is 1. The SMILES string of the molecule is CC1(C)OB([C@H]2C[C@@H]2c2ccc3c(c2)N(CC(F)(F)F)C(=O)C32CC2)OC1(C)C. The van der Waals surface area contributed by atoms with Gasteiger partial charge in [-0.15, -0.1) is 0 Å². The van der Waals surface area contributed by atoms with Crippen molar-refractivity contribution in [2.45, 2.75) is 81.5 Å². The van der Waals surface area contributed by atoms with Gasteiger partial charge in [0.05, 0.1) is 16.6 Å². The standard InChI is InChI=1S/C21H25BF3NO3/c1-18(2)19(3,4)29-22(28-18)15-10-13(15)12-5-6-14-16(9-12)26(11-21(23,24)25)17(27)20(14)7-8-20/h5-6,9,13,15H,7-8,10-11H2,1-4H3/t13-,15+/m1/s1. The Morgan fingerprint density at radius 1 is 1.14 bits per heavy atom.